The lowest BCUT2D eigenvalue weighted by Gasteiger charge is -2.71. The number of anilines is 1. The van der Waals surface area contributed by atoms with Crippen LogP contribution in [0.15, 0.2) is 75.5 Å². The van der Waals surface area contributed by atoms with Gasteiger partial charge >= 0.3 is 11.9 Å². The van der Waals surface area contributed by atoms with Gasteiger partial charge in [0.05, 0.1) is 48.5 Å². The quantitative estimate of drug-likeness (QED) is 0.0157. The van der Waals surface area contributed by atoms with E-state index in [1.807, 2.05) is 6.92 Å². The van der Waals surface area contributed by atoms with Gasteiger partial charge in [-0.3, -0.25) is 14.4 Å². The van der Waals surface area contributed by atoms with E-state index in [0.29, 0.717) is 92.1 Å². The number of thiocarbonyl (C=S) groups is 1. The molecule has 6 aliphatic carbocycles. The molecule has 14 N–H and O–H groups in total. The Morgan fingerprint density at radius 3 is 2.22 bits per heavy atom. The second kappa shape index (κ2) is 28.4. The second-order valence-electron chi connectivity index (χ2n) is 31.4. The monoisotopic (exact) mass is 1430 g/mol. The number of aliphatic hydroxyl groups is 9. The van der Waals surface area contributed by atoms with Crippen molar-refractivity contribution in [1.29, 1.82) is 0 Å². The number of aromatic carboxylic acids is 1. The Hall–Kier alpha value is -6.12. The largest absolute Gasteiger partial charge is 0.508 e. The first-order valence-electron chi connectivity index (χ1n) is 35.3. The predicted octanol–water partition coefficient (Wildman–Crippen LogP) is 4.91. The highest BCUT2D eigenvalue weighted by atomic mass is 32.1. The lowest BCUT2D eigenvalue weighted by atomic mass is 9.33. The van der Waals surface area contributed by atoms with E-state index in [0.717, 1.165) is 18.3 Å². The minimum absolute atomic E-state index is 0.0691. The van der Waals surface area contributed by atoms with E-state index < -0.39 is 157 Å². The van der Waals surface area contributed by atoms with Crippen molar-refractivity contribution in [3.63, 3.8) is 0 Å². The van der Waals surface area contributed by atoms with E-state index >= 15 is 4.79 Å². The molecule has 0 radical (unpaired) electrons. The topological polar surface area (TPSA) is 412 Å². The number of allylic oxidation sites excluding steroid dienone is 2. The van der Waals surface area contributed by atoms with Gasteiger partial charge in [0.15, 0.2) is 29.2 Å². The summed E-state index contributed by atoms with van der Waals surface area (Å²) in [4.78, 5) is 67.9. The number of carboxylic acids is 1. The molecule has 24 atom stereocenters. The zero-order valence-corrected chi connectivity index (χ0v) is 58.7. The molecule has 7 fully saturated rings. The summed E-state index contributed by atoms with van der Waals surface area (Å²) in [5.74, 6) is -3.14. The number of amides is 1. The third kappa shape index (κ3) is 13.2. The van der Waals surface area contributed by atoms with Crippen LogP contribution >= 0.6 is 12.2 Å². The summed E-state index contributed by atoms with van der Waals surface area (Å²) in [6.07, 6.45) is -14.9. The maximum Gasteiger partial charge on any atom is 0.336 e. The fourth-order valence-electron chi connectivity index (χ4n) is 19.2. The number of carbonyl (C=O) groups excluding carboxylic acids is 3. The molecule has 26 nitrogen and oxygen atoms in total. The molecule has 3 saturated heterocycles. The molecule has 10 aliphatic rings. The number of carboxylic acid groups (broad SMARTS) is 1. The predicted molar refractivity (Wildman–Crippen MR) is 366 cm³/mol. The summed E-state index contributed by atoms with van der Waals surface area (Å²) in [7, 11) is 0. The Morgan fingerprint density at radius 2 is 1.49 bits per heavy atom. The SMILES string of the molecule is CC1O[C@@H](OC2C(O)[C@@H](NC(=O)CCCCCNC(=S)Nc3ccc(-c4c5ccc(=O)cc-5oc5cc(O)ccc45)c(C(=O)O)c3)C(CO)O[C@H]2OC(=O)[C@]23CCC(C)(C)CC2C2=CCC4C5(C)CC[C@H](O)C(C)(C=O)[C@@H]5CCC4(C)C2(C)C[C@H]3O)C(O)C(O)[C@H]1O[C@@H]1OC[C@@H](O)C(O)C1O. The van der Waals surface area contributed by atoms with Crippen molar-refractivity contribution in [3.8, 4) is 28.2 Å². The number of ether oxygens (including phenoxy) is 6. The van der Waals surface area contributed by atoms with Gasteiger partial charge in [0, 0.05) is 47.3 Å². The molecular weight excluding hydrogens is 1330 g/mol. The van der Waals surface area contributed by atoms with Crippen molar-refractivity contribution in [2.45, 2.75) is 230 Å². The Kier molecular flexibility index (Phi) is 21.0. The van der Waals surface area contributed by atoms with Gasteiger partial charge in [-0.05, 0) is 171 Å². The van der Waals surface area contributed by atoms with E-state index in [9.17, 15) is 75.3 Å². The van der Waals surface area contributed by atoms with Crippen LogP contribution in [0.5, 0.6) is 5.75 Å². The maximum atomic E-state index is 15.8. The molecule has 2 aromatic rings. The summed E-state index contributed by atoms with van der Waals surface area (Å²) in [6.45, 7) is 13.4. The summed E-state index contributed by atoms with van der Waals surface area (Å²) in [5, 5.41) is 133. The van der Waals surface area contributed by atoms with Crippen LogP contribution in [0.2, 0.25) is 0 Å². The number of nitrogens with one attached hydrogen (secondary N) is 3. The molecule has 2 aromatic carbocycles. The number of fused-ring (bicyclic) bond motifs is 9. The summed E-state index contributed by atoms with van der Waals surface area (Å²) >= 11 is 5.58. The minimum Gasteiger partial charge on any atom is -0.508 e. The van der Waals surface area contributed by atoms with E-state index in [1.54, 1.807) is 24.3 Å². The zero-order valence-electron chi connectivity index (χ0n) is 57.9. The molecule has 552 valence electrons. The summed E-state index contributed by atoms with van der Waals surface area (Å²) in [6, 6.07) is 11.9. The van der Waals surface area contributed by atoms with E-state index in [4.69, 9.17) is 45.1 Å². The number of benzene rings is 3. The molecule has 0 aromatic heterocycles. The Balaban J connectivity index is 0.737. The Bertz CT molecular complexity index is 3850. The molecule has 4 heterocycles. The number of hydrogen-bond donors (Lipinski definition) is 14. The number of phenols is 1. The Morgan fingerprint density at radius 1 is 0.752 bits per heavy atom. The third-order valence-corrected chi connectivity index (χ3v) is 25.3. The molecule has 1 amide bonds. The number of aldehydes is 1. The minimum atomic E-state index is -2.00. The highest BCUT2D eigenvalue weighted by Gasteiger charge is 2.72. The normalized spacial score (nSPS) is 39.6. The van der Waals surface area contributed by atoms with Gasteiger partial charge in [-0.2, -0.15) is 0 Å². The smallest absolute Gasteiger partial charge is 0.336 e. The molecule has 14 unspecified atom stereocenters. The van der Waals surface area contributed by atoms with Gasteiger partial charge in [0.2, 0.25) is 12.2 Å². The second-order valence-corrected chi connectivity index (χ2v) is 31.9. The zero-order chi connectivity index (χ0) is 72.8. The lowest BCUT2D eigenvalue weighted by molar-refractivity contribution is -0.370. The van der Waals surface area contributed by atoms with Gasteiger partial charge in [-0.25, -0.2) is 4.79 Å². The first kappa shape index (κ1) is 74.6. The van der Waals surface area contributed by atoms with Crippen LogP contribution in [0, 0.1) is 50.2 Å². The number of aromatic hydroxyl groups is 1. The van der Waals surface area contributed by atoms with Crippen molar-refractivity contribution >= 4 is 58.1 Å². The van der Waals surface area contributed by atoms with Gasteiger partial charge < -0.3 is 110 Å². The average Bonchev–Trinajstić information content (AvgIpc) is 0.671. The number of carbonyl (C=O) groups is 4. The van der Waals surface area contributed by atoms with Crippen LogP contribution in [-0.4, -0.2) is 203 Å². The molecule has 12 rings (SSSR count). The molecule has 0 spiro atoms. The molecule has 101 heavy (non-hydrogen) atoms. The number of esters is 1. The van der Waals surface area contributed by atoms with Crippen LogP contribution < -0.4 is 21.4 Å². The van der Waals surface area contributed by atoms with Crippen LogP contribution in [-0.2, 0) is 42.8 Å². The lowest BCUT2D eigenvalue weighted by Crippen LogP contribution is -2.69. The van der Waals surface area contributed by atoms with Crippen LogP contribution in [0.3, 0.4) is 0 Å². The highest BCUT2D eigenvalue weighted by molar-refractivity contribution is 7.80. The van der Waals surface area contributed by atoms with Gasteiger partial charge in [-0.15, -0.1) is 0 Å². The van der Waals surface area contributed by atoms with Crippen molar-refractivity contribution in [2.24, 2.45) is 50.2 Å². The standard InChI is InChI=1S/C74H97N3O23S/c1-35-61(98-64-59(89)56(86)45(82)33-94-64)58(88)60(90)65(95-35)99-62-57(87)55(77-53(85)11-9-8-10-26-75-68(101)76-36-12-15-39(42(27-36)63(91)92)54-40-16-13-37(80)28-46(40)96-47-29-38(81)14-17-41(47)54)48(32-78)97-66(62)100-67(93)74-25-24-69(2,3)30-44(74)43-18-19-50-70(4)22-21-51(83)71(5,34-79)49(70)20-23-72(50,6)73(43,7)31-52(74)84/h12-18,27-29,34-35,44-45,48-52,55-62,64-66,78,80,82-84,86-90H,8-11,19-26,30-33H2,1-7H3,(H,77,85)(H,91,92)(H2,75,76,101)/t35?,44?,45-,48?,49-,50?,51+,52-,55+,56?,57?,58?,59?,60?,61+,62?,64+,65+,66+,70?,71?,72?,73?,74-/m1/s1. The van der Waals surface area contributed by atoms with Gasteiger partial charge in [0.1, 0.15) is 77.6 Å². The van der Waals surface area contributed by atoms with Gasteiger partial charge in [0.25, 0.3) is 0 Å². The van der Waals surface area contributed by atoms with Crippen LogP contribution in [0.4, 0.5) is 5.69 Å². The molecular formula is C74H97N3O23S. The van der Waals surface area contributed by atoms with Crippen LogP contribution in [0.25, 0.3) is 33.4 Å². The fraction of sp³-hybridized carbons (Fsp3) is 0.649. The number of rotatable bonds is 18. The number of aliphatic hydroxyl groups excluding tert-OH is 9. The molecule has 27 heteroatoms. The van der Waals surface area contributed by atoms with Crippen molar-refractivity contribution in [2.75, 3.05) is 25.1 Å². The van der Waals surface area contributed by atoms with E-state index in [-0.39, 0.29) is 75.1 Å². The summed E-state index contributed by atoms with van der Waals surface area (Å²) in [5.41, 5.74) is -1.69. The van der Waals surface area contributed by atoms with Crippen molar-refractivity contribution in [1.82, 2.24) is 10.6 Å². The number of phenolic OH excluding ortho intramolecular Hbond substituents is 1. The average molecular weight is 1430 g/mol. The van der Waals surface area contributed by atoms with Crippen molar-refractivity contribution < 1.29 is 108 Å². The Labute approximate surface area is 590 Å². The number of unbranched alkanes of at least 4 members (excludes halogenated alkanes) is 2. The van der Waals surface area contributed by atoms with Gasteiger partial charge in [-0.1, -0.05) is 65.7 Å². The summed E-state index contributed by atoms with van der Waals surface area (Å²) < 4.78 is 42.6. The molecule has 4 aliphatic heterocycles. The maximum absolute atomic E-state index is 15.8. The molecule has 0 bridgehead atoms. The van der Waals surface area contributed by atoms with E-state index in [1.165, 1.54) is 37.3 Å². The first-order valence-corrected chi connectivity index (χ1v) is 35.7. The van der Waals surface area contributed by atoms with Crippen LogP contribution in [0.1, 0.15) is 142 Å². The molecule has 4 saturated carbocycles. The van der Waals surface area contributed by atoms with E-state index in [2.05, 4.69) is 56.6 Å². The van der Waals surface area contributed by atoms with Crippen molar-refractivity contribution in [3.05, 3.63) is 82.0 Å². The third-order valence-electron chi connectivity index (χ3n) is 25.1. The highest BCUT2D eigenvalue weighted by Crippen LogP contribution is 2.76. The first-order chi connectivity index (χ1) is 47.7. The fourth-order valence-corrected chi connectivity index (χ4v) is 19.4. The number of hydrogen-bond acceptors (Lipinski definition) is 23.